The van der Waals surface area contributed by atoms with Crippen molar-refractivity contribution in [1.29, 1.82) is 0 Å². The Morgan fingerprint density at radius 3 is 2.32 bits per heavy atom. The van der Waals surface area contributed by atoms with Crippen LogP contribution in [0.15, 0.2) is 58.3 Å². The van der Waals surface area contributed by atoms with Gasteiger partial charge in [0.15, 0.2) is 9.84 Å². The van der Waals surface area contributed by atoms with Gasteiger partial charge in [0.05, 0.1) is 21.2 Å². The first-order valence-corrected chi connectivity index (χ1v) is 9.52. The molecule has 8 heteroatoms. The summed E-state index contributed by atoms with van der Waals surface area (Å²) < 4.78 is 63.5. The molecule has 116 valence electrons. The number of para-hydroxylation sites is 1. The first-order chi connectivity index (χ1) is 10.3. The number of halogens is 1. The van der Waals surface area contributed by atoms with E-state index in [0.29, 0.717) is 0 Å². The van der Waals surface area contributed by atoms with E-state index < -0.39 is 25.7 Å². The molecule has 1 aliphatic rings. The lowest BCUT2D eigenvalue weighted by Gasteiger charge is -2.30. The third-order valence-corrected chi connectivity index (χ3v) is 7.00. The molecule has 0 amide bonds. The predicted octanol–water partition coefficient (Wildman–Crippen LogP) is 1.81. The molecular formula is C14H12FNO4S2. The van der Waals surface area contributed by atoms with Crippen molar-refractivity contribution in [3.8, 4) is 0 Å². The molecule has 0 fully saturated rings. The van der Waals surface area contributed by atoms with Crippen molar-refractivity contribution >= 4 is 25.5 Å². The van der Waals surface area contributed by atoms with Crippen LogP contribution < -0.4 is 4.31 Å². The summed E-state index contributed by atoms with van der Waals surface area (Å²) in [7, 11) is -7.43. The molecule has 0 spiro atoms. The van der Waals surface area contributed by atoms with Crippen molar-refractivity contribution in [3.63, 3.8) is 0 Å². The molecule has 0 saturated heterocycles. The lowest BCUT2D eigenvalue weighted by molar-refractivity contribution is 0.583. The standard InChI is InChI=1S/C14H12FNO4S2/c15-11-5-7-12(8-6-11)22(19,20)16-9-10-21(17,18)14-4-2-1-3-13(14)16/h1-8H,9-10H2. The van der Waals surface area contributed by atoms with Crippen LogP contribution in [-0.2, 0) is 19.9 Å². The van der Waals surface area contributed by atoms with Gasteiger partial charge in [0, 0.05) is 6.54 Å². The van der Waals surface area contributed by atoms with Crippen molar-refractivity contribution in [3.05, 3.63) is 54.3 Å². The molecule has 2 aromatic rings. The molecule has 3 rings (SSSR count). The van der Waals surface area contributed by atoms with Crippen LogP contribution in [-0.4, -0.2) is 29.1 Å². The van der Waals surface area contributed by atoms with E-state index in [-0.39, 0.29) is 27.8 Å². The van der Waals surface area contributed by atoms with Crippen LogP contribution in [0.3, 0.4) is 0 Å². The lowest BCUT2D eigenvalue weighted by Crippen LogP contribution is -2.39. The molecule has 0 atom stereocenters. The molecule has 0 aliphatic carbocycles. The number of rotatable bonds is 2. The zero-order valence-electron chi connectivity index (χ0n) is 11.3. The fourth-order valence-electron chi connectivity index (χ4n) is 2.34. The summed E-state index contributed by atoms with van der Waals surface area (Å²) in [6.45, 7) is -0.168. The Balaban J connectivity index is 2.15. The first kappa shape index (κ1) is 15.0. The molecule has 1 heterocycles. The molecular weight excluding hydrogens is 329 g/mol. The van der Waals surface area contributed by atoms with E-state index in [9.17, 15) is 21.2 Å². The van der Waals surface area contributed by atoms with Crippen LogP contribution in [0.1, 0.15) is 0 Å². The molecule has 1 aliphatic heterocycles. The van der Waals surface area contributed by atoms with Crippen molar-refractivity contribution in [2.75, 3.05) is 16.6 Å². The smallest absolute Gasteiger partial charge is 0.264 e. The summed E-state index contributed by atoms with van der Waals surface area (Å²) in [6, 6.07) is 10.4. The second-order valence-electron chi connectivity index (χ2n) is 4.82. The topological polar surface area (TPSA) is 71.5 Å². The summed E-state index contributed by atoms with van der Waals surface area (Å²) in [4.78, 5) is -0.0880. The van der Waals surface area contributed by atoms with Crippen LogP contribution in [0.25, 0.3) is 0 Å². The Morgan fingerprint density at radius 1 is 1.00 bits per heavy atom. The van der Waals surface area contributed by atoms with Crippen molar-refractivity contribution in [1.82, 2.24) is 0 Å². The van der Waals surface area contributed by atoms with Gasteiger partial charge in [0.1, 0.15) is 5.82 Å². The van der Waals surface area contributed by atoms with Gasteiger partial charge in [0.25, 0.3) is 10.0 Å². The number of benzene rings is 2. The number of hydrogen-bond acceptors (Lipinski definition) is 4. The van der Waals surface area contributed by atoms with Gasteiger partial charge in [-0.1, -0.05) is 12.1 Å². The van der Waals surface area contributed by atoms with Gasteiger partial charge < -0.3 is 0 Å². The second-order valence-corrected chi connectivity index (χ2v) is 8.76. The van der Waals surface area contributed by atoms with Gasteiger partial charge in [-0.2, -0.15) is 0 Å². The summed E-state index contributed by atoms with van der Waals surface area (Å²) in [5.41, 5.74) is 0.123. The summed E-state index contributed by atoms with van der Waals surface area (Å²) in [6.07, 6.45) is 0. The number of sulfone groups is 1. The minimum absolute atomic E-state index is 0.00747. The van der Waals surface area contributed by atoms with Gasteiger partial charge in [-0.25, -0.2) is 21.2 Å². The third kappa shape index (κ3) is 2.38. The lowest BCUT2D eigenvalue weighted by atomic mass is 10.3. The first-order valence-electron chi connectivity index (χ1n) is 6.42. The molecule has 0 saturated carbocycles. The molecule has 5 nitrogen and oxygen atoms in total. The number of sulfonamides is 1. The molecule has 0 unspecified atom stereocenters. The Kier molecular flexibility index (Phi) is 3.45. The summed E-state index contributed by atoms with van der Waals surface area (Å²) >= 11 is 0. The largest absolute Gasteiger partial charge is 0.264 e. The predicted molar refractivity (Wildman–Crippen MR) is 79.4 cm³/mol. The maximum Gasteiger partial charge on any atom is 0.264 e. The normalized spacial score (nSPS) is 17.0. The van der Waals surface area contributed by atoms with E-state index >= 15 is 0 Å². The molecule has 0 bridgehead atoms. The maximum atomic E-state index is 13.0. The van der Waals surface area contributed by atoms with Crippen LogP contribution in [0.5, 0.6) is 0 Å². The average molecular weight is 341 g/mol. The molecule has 0 aromatic heterocycles. The van der Waals surface area contributed by atoms with Gasteiger partial charge in [-0.15, -0.1) is 0 Å². The monoisotopic (exact) mass is 341 g/mol. The van der Waals surface area contributed by atoms with E-state index in [0.717, 1.165) is 28.6 Å². The maximum absolute atomic E-state index is 13.0. The van der Waals surface area contributed by atoms with Gasteiger partial charge >= 0.3 is 0 Å². The van der Waals surface area contributed by atoms with Crippen LogP contribution in [0, 0.1) is 5.82 Å². The van der Waals surface area contributed by atoms with Gasteiger partial charge in [-0.3, -0.25) is 4.31 Å². The highest BCUT2D eigenvalue weighted by molar-refractivity contribution is 7.94. The van der Waals surface area contributed by atoms with E-state index in [2.05, 4.69) is 0 Å². The zero-order chi connectivity index (χ0) is 16.0. The number of fused-ring (bicyclic) bond motifs is 1. The van der Waals surface area contributed by atoms with Crippen molar-refractivity contribution < 1.29 is 21.2 Å². The van der Waals surface area contributed by atoms with Crippen LogP contribution in [0.4, 0.5) is 10.1 Å². The minimum atomic E-state index is -3.94. The Morgan fingerprint density at radius 2 is 1.64 bits per heavy atom. The molecule has 0 N–H and O–H groups in total. The summed E-state index contributed by atoms with van der Waals surface area (Å²) in [5, 5.41) is 0. The second kappa shape index (κ2) is 5.06. The molecule has 0 radical (unpaired) electrons. The number of nitrogens with zero attached hydrogens (tertiary/aromatic N) is 1. The quantitative estimate of drug-likeness (QED) is 0.835. The number of anilines is 1. The van der Waals surface area contributed by atoms with Crippen molar-refractivity contribution in [2.24, 2.45) is 0 Å². The fraction of sp³-hybridized carbons (Fsp3) is 0.143. The SMILES string of the molecule is O=S1(=O)CCN(S(=O)(=O)c2ccc(F)cc2)c2ccccc21. The zero-order valence-corrected chi connectivity index (χ0v) is 12.9. The average Bonchev–Trinajstić information content (AvgIpc) is 2.47. The van der Waals surface area contributed by atoms with E-state index in [1.54, 1.807) is 12.1 Å². The Bertz CT molecular complexity index is 922. The highest BCUT2D eigenvalue weighted by Crippen LogP contribution is 2.34. The van der Waals surface area contributed by atoms with E-state index in [4.69, 9.17) is 0 Å². The third-order valence-electron chi connectivity index (χ3n) is 3.43. The Hall–Kier alpha value is -1.93. The van der Waals surface area contributed by atoms with E-state index in [1.807, 2.05) is 0 Å². The molecule has 22 heavy (non-hydrogen) atoms. The van der Waals surface area contributed by atoms with E-state index in [1.165, 1.54) is 12.1 Å². The van der Waals surface area contributed by atoms with Gasteiger partial charge in [-0.05, 0) is 36.4 Å². The summed E-state index contributed by atoms with van der Waals surface area (Å²) in [5.74, 6) is -0.828. The van der Waals surface area contributed by atoms with Crippen LogP contribution >= 0.6 is 0 Å². The number of hydrogen-bond donors (Lipinski definition) is 0. The minimum Gasteiger partial charge on any atom is -0.264 e. The highest BCUT2D eigenvalue weighted by atomic mass is 32.2. The Labute approximate surface area is 128 Å². The van der Waals surface area contributed by atoms with Gasteiger partial charge in [0.2, 0.25) is 0 Å². The highest BCUT2D eigenvalue weighted by Gasteiger charge is 2.35. The van der Waals surface area contributed by atoms with Crippen LogP contribution in [0.2, 0.25) is 0 Å². The molecule has 2 aromatic carbocycles. The fourth-order valence-corrected chi connectivity index (χ4v) is 5.43. The van der Waals surface area contributed by atoms with Crippen molar-refractivity contribution in [2.45, 2.75) is 9.79 Å².